The van der Waals surface area contributed by atoms with Crippen LogP contribution in [0, 0.1) is 11.8 Å². The first-order chi connectivity index (χ1) is 6.73. The summed E-state index contributed by atoms with van der Waals surface area (Å²) in [5.41, 5.74) is -1.03. The highest BCUT2D eigenvalue weighted by Gasteiger charge is 2.42. The maximum absolute atomic E-state index is 12.3. The van der Waals surface area contributed by atoms with Crippen LogP contribution < -0.4 is 0 Å². The van der Waals surface area contributed by atoms with E-state index in [1.54, 1.807) is 0 Å². The zero-order valence-corrected chi connectivity index (χ0v) is 9.01. The van der Waals surface area contributed by atoms with Crippen molar-refractivity contribution in [2.24, 2.45) is 11.8 Å². The largest absolute Gasteiger partial charge is 0.395 e. The van der Waals surface area contributed by atoms with Gasteiger partial charge in [-0.3, -0.25) is 0 Å². The summed E-state index contributed by atoms with van der Waals surface area (Å²) in [5, 5.41) is 9.97. The van der Waals surface area contributed by atoms with E-state index in [1.807, 2.05) is 13.8 Å². The number of aliphatic hydroxyl groups is 1. The predicted octanol–water partition coefficient (Wildman–Crippen LogP) is 3.29. The van der Waals surface area contributed by atoms with Gasteiger partial charge in [0.25, 0.3) is 0 Å². The van der Waals surface area contributed by atoms with Crippen molar-refractivity contribution in [2.75, 3.05) is 0 Å². The molecule has 0 aromatic carbocycles. The highest BCUT2D eigenvalue weighted by molar-refractivity contribution is 5.09. The van der Waals surface area contributed by atoms with Gasteiger partial charge in [-0.25, -0.2) is 0 Å². The van der Waals surface area contributed by atoms with Crippen molar-refractivity contribution in [3.63, 3.8) is 0 Å². The van der Waals surface area contributed by atoms with Crippen molar-refractivity contribution in [3.8, 4) is 0 Å². The third-order valence-electron chi connectivity index (χ3n) is 2.71. The van der Waals surface area contributed by atoms with E-state index in [0.29, 0.717) is 6.42 Å². The quantitative estimate of drug-likeness (QED) is 0.711. The summed E-state index contributed by atoms with van der Waals surface area (Å²) in [7, 11) is 0. The molecule has 0 heterocycles. The summed E-state index contributed by atoms with van der Waals surface area (Å²) in [5.74, 6) is -1.10. The summed E-state index contributed by atoms with van der Waals surface area (Å²) >= 11 is 0. The third-order valence-corrected chi connectivity index (χ3v) is 2.71. The Morgan fingerprint density at radius 3 is 2.40 bits per heavy atom. The number of rotatable bonds is 2. The fourth-order valence-corrected chi connectivity index (χ4v) is 2.03. The topological polar surface area (TPSA) is 20.2 Å². The van der Waals surface area contributed by atoms with Crippen LogP contribution in [0.2, 0.25) is 0 Å². The Kier molecular flexibility index (Phi) is 3.48. The van der Waals surface area contributed by atoms with E-state index < -0.39 is 17.7 Å². The predicted molar refractivity (Wildman–Crippen MR) is 52.3 cm³/mol. The van der Waals surface area contributed by atoms with Crippen molar-refractivity contribution in [2.45, 2.75) is 44.9 Å². The highest BCUT2D eigenvalue weighted by atomic mass is 19.4. The zero-order chi connectivity index (χ0) is 11.7. The number of allylic oxidation sites excluding steroid dienone is 1. The van der Waals surface area contributed by atoms with Crippen LogP contribution in [-0.2, 0) is 0 Å². The smallest absolute Gasteiger partial charge is 0.386 e. The van der Waals surface area contributed by atoms with E-state index in [2.05, 4.69) is 0 Å². The molecule has 88 valence electrons. The van der Waals surface area contributed by atoms with E-state index in [4.69, 9.17) is 0 Å². The zero-order valence-electron chi connectivity index (χ0n) is 9.01. The summed E-state index contributed by atoms with van der Waals surface area (Å²) in [6.07, 6.45) is -1.03. The van der Waals surface area contributed by atoms with Gasteiger partial charge in [-0.1, -0.05) is 26.0 Å². The fraction of sp³-hybridized carbons (Fsp3) is 0.818. The monoisotopic (exact) mass is 222 g/mol. The molecule has 0 bridgehead atoms. The first kappa shape index (κ1) is 12.6. The van der Waals surface area contributed by atoms with E-state index in [0.717, 1.165) is 6.08 Å². The van der Waals surface area contributed by atoms with E-state index in [1.165, 1.54) is 6.08 Å². The summed E-state index contributed by atoms with van der Waals surface area (Å²) < 4.78 is 37.0. The van der Waals surface area contributed by atoms with Crippen LogP contribution in [0.3, 0.4) is 0 Å². The fourth-order valence-electron chi connectivity index (χ4n) is 2.03. The van der Waals surface area contributed by atoms with Crippen LogP contribution in [0.25, 0.3) is 0 Å². The van der Waals surface area contributed by atoms with Gasteiger partial charge in [-0.05, 0) is 25.2 Å². The minimum atomic E-state index is -4.17. The van der Waals surface area contributed by atoms with E-state index >= 15 is 0 Å². The summed E-state index contributed by atoms with van der Waals surface area (Å²) in [6, 6.07) is 0. The molecule has 1 N–H and O–H groups in total. The molecule has 1 aliphatic rings. The van der Waals surface area contributed by atoms with Crippen LogP contribution in [-0.4, -0.2) is 16.9 Å². The average molecular weight is 222 g/mol. The molecule has 0 fully saturated rings. The molecule has 1 aliphatic carbocycles. The van der Waals surface area contributed by atoms with E-state index in [9.17, 15) is 18.3 Å². The molecule has 0 radical (unpaired) electrons. The van der Waals surface area contributed by atoms with Gasteiger partial charge in [0.15, 0.2) is 0 Å². The lowest BCUT2D eigenvalue weighted by Gasteiger charge is -2.32. The van der Waals surface area contributed by atoms with Crippen LogP contribution in [0.5, 0.6) is 0 Å². The lowest BCUT2D eigenvalue weighted by molar-refractivity contribution is -0.167. The Morgan fingerprint density at radius 1 is 1.47 bits per heavy atom. The Morgan fingerprint density at radius 2 is 2.07 bits per heavy atom. The molecule has 0 amide bonds. The Bertz CT molecular complexity index is 245. The second-order valence-corrected chi connectivity index (χ2v) is 4.75. The molecule has 0 spiro atoms. The molecule has 2 unspecified atom stereocenters. The van der Waals surface area contributed by atoms with E-state index in [-0.39, 0.29) is 18.8 Å². The molecule has 15 heavy (non-hydrogen) atoms. The number of alkyl halides is 3. The van der Waals surface area contributed by atoms with Crippen LogP contribution in [0.1, 0.15) is 33.1 Å². The maximum Gasteiger partial charge on any atom is 0.395 e. The molecule has 0 saturated carbocycles. The van der Waals surface area contributed by atoms with Crippen molar-refractivity contribution < 1.29 is 18.3 Å². The maximum atomic E-state index is 12.3. The minimum Gasteiger partial charge on any atom is -0.386 e. The molecule has 1 rings (SSSR count). The standard InChI is InChI=1S/C11H17F3O/c1-8(2)7-10(15)5-3-9(4-6-10)11(12,13)14/h3,5,8-9,15H,4,6-7H2,1-2H3. The van der Waals surface area contributed by atoms with Crippen LogP contribution in [0.15, 0.2) is 12.2 Å². The molecule has 2 atom stereocenters. The number of hydrogen-bond acceptors (Lipinski definition) is 1. The SMILES string of the molecule is CC(C)CC1(O)C=CC(C(F)(F)F)CC1. The molecule has 4 heteroatoms. The molecule has 0 aliphatic heterocycles. The summed E-state index contributed by atoms with van der Waals surface area (Å²) in [6.45, 7) is 3.89. The molecule has 1 nitrogen and oxygen atoms in total. The van der Waals surface area contributed by atoms with Gasteiger partial charge >= 0.3 is 6.18 Å². The molecule has 0 aromatic heterocycles. The van der Waals surface area contributed by atoms with Crippen LogP contribution in [0.4, 0.5) is 13.2 Å². The van der Waals surface area contributed by atoms with Crippen molar-refractivity contribution >= 4 is 0 Å². The third kappa shape index (κ3) is 3.52. The summed E-state index contributed by atoms with van der Waals surface area (Å²) in [4.78, 5) is 0. The molecular formula is C11H17F3O. The van der Waals surface area contributed by atoms with Crippen molar-refractivity contribution in [3.05, 3.63) is 12.2 Å². The lowest BCUT2D eigenvalue weighted by atomic mass is 9.80. The van der Waals surface area contributed by atoms with Crippen molar-refractivity contribution in [1.82, 2.24) is 0 Å². The minimum absolute atomic E-state index is 0.0107. The second kappa shape index (κ2) is 4.16. The Labute approximate surface area is 88.0 Å². The second-order valence-electron chi connectivity index (χ2n) is 4.75. The molecule has 0 saturated heterocycles. The normalized spacial score (nSPS) is 32.3. The number of hydrogen-bond donors (Lipinski definition) is 1. The highest BCUT2D eigenvalue weighted by Crippen LogP contribution is 2.38. The first-order valence-electron chi connectivity index (χ1n) is 5.21. The van der Waals surface area contributed by atoms with Gasteiger partial charge in [-0.2, -0.15) is 13.2 Å². The van der Waals surface area contributed by atoms with Gasteiger partial charge < -0.3 is 5.11 Å². The Balaban J connectivity index is 2.65. The molecular weight excluding hydrogens is 205 g/mol. The molecule has 0 aromatic rings. The van der Waals surface area contributed by atoms with Crippen LogP contribution >= 0.6 is 0 Å². The van der Waals surface area contributed by atoms with Gasteiger partial charge in [0.2, 0.25) is 0 Å². The van der Waals surface area contributed by atoms with Crippen molar-refractivity contribution in [1.29, 1.82) is 0 Å². The van der Waals surface area contributed by atoms with Gasteiger partial charge in [0, 0.05) is 0 Å². The lowest BCUT2D eigenvalue weighted by Crippen LogP contribution is -2.35. The van der Waals surface area contributed by atoms with Gasteiger partial charge in [0.1, 0.15) is 0 Å². The van der Waals surface area contributed by atoms with Gasteiger partial charge in [0.05, 0.1) is 11.5 Å². The Hall–Kier alpha value is -0.510. The average Bonchev–Trinajstić information content (AvgIpc) is 2.00. The number of halogens is 3. The van der Waals surface area contributed by atoms with Gasteiger partial charge in [-0.15, -0.1) is 0 Å². The first-order valence-corrected chi connectivity index (χ1v) is 5.21.